The molecule has 0 radical (unpaired) electrons. The number of allylic oxidation sites excluding steroid dienone is 4. The van der Waals surface area contributed by atoms with Crippen molar-refractivity contribution < 1.29 is 28.5 Å². The predicted octanol–water partition coefficient (Wildman–Crippen LogP) is 9.49. The summed E-state index contributed by atoms with van der Waals surface area (Å²) in [5, 5.41) is 2.51. The Bertz CT molecular complexity index is 1750. The van der Waals surface area contributed by atoms with Crippen molar-refractivity contribution in [1.82, 2.24) is 0 Å². The molecule has 6 nitrogen and oxygen atoms in total. The average molecular weight is 551 g/mol. The van der Waals surface area contributed by atoms with Gasteiger partial charge in [-0.05, 0) is 65.0 Å². The summed E-state index contributed by atoms with van der Waals surface area (Å²) in [6.07, 6.45) is 4.27. The van der Waals surface area contributed by atoms with E-state index in [1.165, 1.54) is 5.57 Å². The van der Waals surface area contributed by atoms with Crippen molar-refractivity contribution in [3.63, 3.8) is 0 Å². The minimum absolute atomic E-state index is 0.362. The van der Waals surface area contributed by atoms with E-state index in [9.17, 15) is 9.59 Å². The van der Waals surface area contributed by atoms with Crippen LogP contribution in [-0.2, 0) is 12.8 Å². The zero-order valence-electron chi connectivity index (χ0n) is 24.3. The Hall–Kier alpha value is -4.58. The second-order valence-electron chi connectivity index (χ2n) is 10.6. The predicted molar refractivity (Wildman–Crippen MR) is 162 cm³/mol. The van der Waals surface area contributed by atoms with Crippen LogP contribution in [0.2, 0.25) is 0 Å². The van der Waals surface area contributed by atoms with Gasteiger partial charge in [-0.15, -0.1) is 0 Å². The number of benzene rings is 4. The summed E-state index contributed by atoms with van der Waals surface area (Å²) in [5.41, 5.74) is 5.10. The van der Waals surface area contributed by atoms with Gasteiger partial charge in [0.05, 0.1) is 0 Å². The lowest BCUT2D eigenvalue weighted by molar-refractivity contribution is 0.148. The lowest BCUT2D eigenvalue weighted by Gasteiger charge is -2.22. The van der Waals surface area contributed by atoms with Gasteiger partial charge in [-0.2, -0.15) is 0 Å². The van der Waals surface area contributed by atoms with E-state index < -0.39 is 12.3 Å². The molecule has 2 heterocycles. The molecule has 0 aromatic heterocycles. The fourth-order valence-corrected chi connectivity index (χ4v) is 5.19. The van der Waals surface area contributed by atoms with Crippen LogP contribution in [0, 0.1) is 13.8 Å². The maximum Gasteiger partial charge on any atom is 0.519 e. The first-order valence-electron chi connectivity index (χ1n) is 13.9. The highest BCUT2D eigenvalue weighted by molar-refractivity contribution is 6.01. The molecule has 4 aromatic rings. The van der Waals surface area contributed by atoms with Crippen LogP contribution in [0.3, 0.4) is 0 Å². The first-order chi connectivity index (χ1) is 19.7. The SMILES string of the molecule is CC/C(C)=C/Cc1c(C)c2c3ccccc3c1OC(=O)Oc1c(C)c(CC=C(C)C)c(c3ccccc13)OC(=O)O2. The number of carbonyl (C=O) groups excluding carboxylic acids is 2. The van der Waals surface area contributed by atoms with E-state index >= 15 is 0 Å². The molecule has 2 aliphatic rings. The fraction of sp³-hybridized carbons (Fsp3) is 0.257. The largest absolute Gasteiger partial charge is 0.519 e. The van der Waals surface area contributed by atoms with Crippen LogP contribution in [0.5, 0.6) is 23.0 Å². The number of fused-ring (bicyclic) bond motifs is 6. The maximum absolute atomic E-state index is 13.6. The van der Waals surface area contributed by atoms with Gasteiger partial charge in [-0.1, -0.05) is 78.8 Å². The van der Waals surface area contributed by atoms with Gasteiger partial charge in [0.25, 0.3) is 0 Å². The summed E-state index contributed by atoms with van der Waals surface area (Å²) in [5.74, 6) is 1.48. The Labute approximate surface area is 240 Å². The van der Waals surface area contributed by atoms with Gasteiger partial charge >= 0.3 is 12.3 Å². The quantitative estimate of drug-likeness (QED) is 0.140. The van der Waals surface area contributed by atoms with Crippen LogP contribution in [0.4, 0.5) is 9.59 Å². The van der Waals surface area contributed by atoms with Crippen LogP contribution >= 0.6 is 0 Å². The molecule has 4 bridgehead atoms. The highest BCUT2D eigenvalue weighted by Crippen LogP contribution is 2.44. The lowest BCUT2D eigenvalue weighted by atomic mass is 9.95. The molecule has 0 saturated carbocycles. The molecule has 0 saturated heterocycles. The van der Waals surface area contributed by atoms with Gasteiger partial charge in [-0.3, -0.25) is 0 Å². The number of carbonyl (C=O) groups is 2. The summed E-state index contributed by atoms with van der Waals surface area (Å²) in [6, 6.07) is 14.7. The highest BCUT2D eigenvalue weighted by atomic mass is 16.7. The average Bonchev–Trinajstić information content (AvgIpc) is 2.95. The highest BCUT2D eigenvalue weighted by Gasteiger charge is 2.28. The summed E-state index contributed by atoms with van der Waals surface area (Å²) in [7, 11) is 0. The van der Waals surface area contributed by atoms with Gasteiger partial charge in [0.2, 0.25) is 0 Å². The van der Waals surface area contributed by atoms with Crippen molar-refractivity contribution >= 4 is 33.9 Å². The number of rotatable bonds is 5. The molecule has 6 heteroatoms. The number of hydrogen-bond donors (Lipinski definition) is 0. The third kappa shape index (κ3) is 5.42. The third-order valence-corrected chi connectivity index (χ3v) is 7.64. The zero-order chi connectivity index (χ0) is 29.3. The van der Waals surface area contributed by atoms with Crippen LogP contribution in [0.15, 0.2) is 71.8 Å². The molecule has 0 amide bonds. The first-order valence-corrected chi connectivity index (χ1v) is 13.9. The topological polar surface area (TPSA) is 71.1 Å². The standard InChI is InChI=1S/C35H34O6/c1-7-21(4)17-19-25-23(6)31-27-13-9-11-15-29(27)33(25)41-35(37)38-30-22(5)24(18-16-20(2)3)32(40-34(36)39-31)28-14-10-8-12-26(28)30/h8-17H,7,18-19H2,1-6H3/b21-17+. The van der Waals surface area contributed by atoms with E-state index in [2.05, 4.69) is 19.9 Å². The molecule has 0 atom stereocenters. The van der Waals surface area contributed by atoms with Gasteiger partial charge in [0.15, 0.2) is 0 Å². The lowest BCUT2D eigenvalue weighted by Crippen LogP contribution is -2.20. The molecular weight excluding hydrogens is 516 g/mol. The van der Waals surface area contributed by atoms with E-state index in [4.69, 9.17) is 18.9 Å². The van der Waals surface area contributed by atoms with Crippen molar-refractivity contribution in [2.75, 3.05) is 0 Å². The zero-order valence-corrected chi connectivity index (χ0v) is 24.3. The first kappa shape index (κ1) is 28.0. The van der Waals surface area contributed by atoms with E-state index in [-0.39, 0.29) is 0 Å². The second kappa shape index (κ2) is 11.5. The van der Waals surface area contributed by atoms with Crippen molar-refractivity contribution in [3.8, 4) is 23.0 Å². The van der Waals surface area contributed by atoms with Gasteiger partial charge in [0, 0.05) is 32.7 Å². The summed E-state index contributed by atoms with van der Waals surface area (Å²) >= 11 is 0. The van der Waals surface area contributed by atoms with Gasteiger partial charge in [0.1, 0.15) is 23.0 Å². The normalized spacial score (nSPS) is 13.5. The Balaban J connectivity index is 1.78. The van der Waals surface area contributed by atoms with Gasteiger partial charge < -0.3 is 18.9 Å². The molecule has 0 unspecified atom stereocenters. The van der Waals surface area contributed by atoms with E-state index in [0.29, 0.717) is 68.5 Å². The van der Waals surface area contributed by atoms with Crippen molar-refractivity contribution in [2.45, 2.75) is 60.8 Å². The monoisotopic (exact) mass is 550 g/mol. The molecule has 41 heavy (non-hydrogen) atoms. The van der Waals surface area contributed by atoms with E-state index in [1.807, 2.05) is 82.3 Å². The number of hydrogen-bond acceptors (Lipinski definition) is 6. The Morgan fingerprint density at radius 3 is 1.37 bits per heavy atom. The van der Waals surface area contributed by atoms with Crippen molar-refractivity contribution in [2.24, 2.45) is 0 Å². The molecule has 6 rings (SSSR count). The molecule has 0 fully saturated rings. The molecule has 4 aromatic carbocycles. The van der Waals surface area contributed by atoms with Crippen LogP contribution in [-0.4, -0.2) is 12.3 Å². The molecule has 210 valence electrons. The van der Waals surface area contributed by atoms with Crippen LogP contribution < -0.4 is 18.9 Å². The smallest absolute Gasteiger partial charge is 0.394 e. The summed E-state index contributed by atoms with van der Waals surface area (Å²) < 4.78 is 24.1. The Kier molecular flexibility index (Phi) is 7.84. The summed E-state index contributed by atoms with van der Waals surface area (Å²) in [4.78, 5) is 27.1. The third-order valence-electron chi connectivity index (χ3n) is 7.64. The molecule has 0 aliphatic carbocycles. The summed E-state index contributed by atoms with van der Waals surface area (Å²) in [6.45, 7) is 11.8. The van der Waals surface area contributed by atoms with Crippen LogP contribution in [0.1, 0.15) is 56.4 Å². The molecule has 2 aliphatic heterocycles. The van der Waals surface area contributed by atoms with Crippen molar-refractivity contribution in [3.05, 3.63) is 94.1 Å². The van der Waals surface area contributed by atoms with E-state index in [1.54, 1.807) is 0 Å². The van der Waals surface area contributed by atoms with E-state index in [0.717, 1.165) is 23.1 Å². The molecule has 0 N–H and O–H groups in total. The minimum atomic E-state index is -0.844. The fourth-order valence-electron chi connectivity index (χ4n) is 5.19. The van der Waals surface area contributed by atoms with Crippen molar-refractivity contribution in [1.29, 1.82) is 0 Å². The maximum atomic E-state index is 13.6. The van der Waals surface area contributed by atoms with Gasteiger partial charge in [-0.25, -0.2) is 9.59 Å². The Morgan fingerprint density at radius 2 is 0.976 bits per heavy atom. The Morgan fingerprint density at radius 1 is 0.610 bits per heavy atom. The minimum Gasteiger partial charge on any atom is -0.394 e. The number of ether oxygens (including phenoxy) is 4. The second-order valence-corrected chi connectivity index (χ2v) is 10.6. The van der Waals surface area contributed by atoms with Crippen LogP contribution in [0.25, 0.3) is 21.5 Å². The molecular formula is C35H34O6. The molecule has 0 spiro atoms.